The number of amidine groups is 1. The molecule has 1 saturated heterocycles. The van der Waals surface area contributed by atoms with Crippen LogP contribution in [0.1, 0.15) is 23.1 Å². The molecule has 4 N–H and O–H groups in total. The molecule has 1 aliphatic rings. The summed E-state index contributed by atoms with van der Waals surface area (Å²) in [6.45, 7) is 6.63. The first-order valence-electron chi connectivity index (χ1n) is 11.1. The maximum Gasteiger partial charge on any atom is 0.154 e. The maximum absolute atomic E-state index is 8.63. The Balaban J connectivity index is 1.43. The number of benzene rings is 1. The smallest absolute Gasteiger partial charge is 0.154 e. The molecule has 35 heavy (non-hydrogen) atoms. The number of nitrogens with zero attached hydrogens (tertiary/aromatic N) is 4. The van der Waals surface area contributed by atoms with E-state index in [-0.39, 0.29) is 0 Å². The number of morpholine rings is 1. The molecule has 0 saturated carbocycles. The minimum Gasteiger partial charge on any atom is -0.378 e. The fourth-order valence-corrected chi connectivity index (χ4v) is 4.33. The number of aromatic nitrogens is 5. The van der Waals surface area contributed by atoms with Crippen LogP contribution in [0.5, 0.6) is 0 Å². The molecule has 3 aromatic heterocycles. The minimum atomic E-state index is 0.369. The third kappa shape index (κ3) is 4.90. The predicted octanol–water partition coefficient (Wildman–Crippen LogP) is 4.30. The van der Waals surface area contributed by atoms with Crippen molar-refractivity contribution in [2.45, 2.75) is 20.4 Å². The number of hydrogen-bond acceptors (Lipinski definition) is 7. The van der Waals surface area contributed by atoms with E-state index in [4.69, 9.17) is 37.9 Å². The van der Waals surface area contributed by atoms with Crippen molar-refractivity contribution in [3.8, 4) is 11.3 Å². The molecule has 12 heteroatoms. The number of ether oxygens (including phenoxy) is 1. The summed E-state index contributed by atoms with van der Waals surface area (Å²) in [6.07, 6.45) is 3.50. The molecule has 0 radical (unpaired) electrons. The van der Waals surface area contributed by atoms with Crippen LogP contribution in [0, 0.1) is 19.3 Å². The standard InChI is InChI=1S/C23H24Cl2N8O2/c1-12-22(13(2)35-32-12)19-10-28-23(31-19)18(9-20(26)33-3-5-34-6-4-33)27-11-21-29-16-7-14(24)15(25)8-17(16)30-21/h7-10,26-27H,3-6,11H2,1-2H3,(H,28,31)(H,29,30)/b18-9+,26-20?. The van der Waals surface area contributed by atoms with Gasteiger partial charge in [-0.05, 0) is 26.0 Å². The van der Waals surface area contributed by atoms with Crippen LogP contribution < -0.4 is 5.32 Å². The van der Waals surface area contributed by atoms with Crippen LogP contribution in [0.3, 0.4) is 0 Å². The molecule has 10 nitrogen and oxygen atoms in total. The molecule has 0 amide bonds. The molecule has 0 unspecified atom stereocenters. The number of fused-ring (bicyclic) bond motifs is 1. The van der Waals surface area contributed by atoms with Crippen molar-refractivity contribution in [3.63, 3.8) is 0 Å². The van der Waals surface area contributed by atoms with E-state index in [2.05, 4.69) is 30.4 Å². The van der Waals surface area contributed by atoms with Crippen molar-refractivity contribution in [2.24, 2.45) is 0 Å². The highest BCUT2D eigenvalue weighted by Crippen LogP contribution is 2.28. The van der Waals surface area contributed by atoms with Crippen LogP contribution in [0.25, 0.3) is 28.0 Å². The van der Waals surface area contributed by atoms with Crippen molar-refractivity contribution in [3.05, 3.63) is 57.6 Å². The van der Waals surface area contributed by atoms with Gasteiger partial charge in [0.2, 0.25) is 0 Å². The Bertz CT molecular complexity index is 1360. The Kier molecular flexibility index (Phi) is 6.50. The zero-order chi connectivity index (χ0) is 24.5. The van der Waals surface area contributed by atoms with E-state index in [1.54, 1.807) is 24.4 Å². The van der Waals surface area contributed by atoms with E-state index in [1.807, 2.05) is 18.7 Å². The second kappa shape index (κ2) is 9.73. The van der Waals surface area contributed by atoms with Gasteiger partial charge in [0.1, 0.15) is 17.4 Å². The quantitative estimate of drug-likeness (QED) is 0.222. The molecule has 182 valence electrons. The Hall–Kier alpha value is -3.34. The number of hydrogen-bond donors (Lipinski definition) is 4. The van der Waals surface area contributed by atoms with Crippen molar-refractivity contribution >= 4 is 45.8 Å². The Morgan fingerprint density at radius 2 is 1.97 bits per heavy atom. The van der Waals surface area contributed by atoms with Crippen LogP contribution in [0.4, 0.5) is 0 Å². The van der Waals surface area contributed by atoms with Gasteiger partial charge in [0, 0.05) is 19.2 Å². The number of H-pyrrole nitrogens is 2. The number of halogens is 2. The van der Waals surface area contributed by atoms with E-state index in [0.29, 0.717) is 71.8 Å². The van der Waals surface area contributed by atoms with Gasteiger partial charge < -0.3 is 29.4 Å². The van der Waals surface area contributed by atoms with E-state index in [9.17, 15) is 0 Å². The van der Waals surface area contributed by atoms with E-state index in [0.717, 1.165) is 28.0 Å². The third-order valence-corrected chi connectivity index (χ3v) is 6.51. The first-order valence-corrected chi connectivity index (χ1v) is 11.8. The molecule has 1 aromatic carbocycles. The largest absolute Gasteiger partial charge is 0.378 e. The van der Waals surface area contributed by atoms with E-state index in [1.165, 1.54) is 0 Å². The summed E-state index contributed by atoms with van der Waals surface area (Å²) >= 11 is 12.3. The SMILES string of the molecule is Cc1noc(C)c1-c1cnc(/C(=C\C(=N)N2CCOCC2)NCc2nc3cc(Cl)c(Cl)cc3[nH]2)[nH]1. The normalized spacial score (nSPS) is 14.6. The fourth-order valence-electron chi connectivity index (χ4n) is 4.01. The summed E-state index contributed by atoms with van der Waals surface area (Å²) < 4.78 is 10.7. The lowest BCUT2D eigenvalue weighted by atomic mass is 10.1. The van der Waals surface area contributed by atoms with Crippen molar-refractivity contribution < 1.29 is 9.26 Å². The highest BCUT2D eigenvalue weighted by molar-refractivity contribution is 6.42. The average Bonchev–Trinajstić information content (AvgIpc) is 3.56. The number of rotatable bonds is 6. The van der Waals surface area contributed by atoms with Gasteiger partial charge in [0.25, 0.3) is 0 Å². The Labute approximate surface area is 211 Å². The Morgan fingerprint density at radius 1 is 1.20 bits per heavy atom. The third-order valence-electron chi connectivity index (χ3n) is 5.79. The molecular formula is C23H24Cl2N8O2. The summed E-state index contributed by atoms with van der Waals surface area (Å²) in [5.74, 6) is 2.35. The molecule has 5 rings (SSSR count). The van der Waals surface area contributed by atoms with Crippen LogP contribution in [0.2, 0.25) is 10.0 Å². The molecule has 0 aliphatic carbocycles. The second-order valence-corrected chi connectivity index (χ2v) is 9.02. The summed E-state index contributed by atoms with van der Waals surface area (Å²) in [5.41, 5.74) is 4.60. The van der Waals surface area contributed by atoms with Crippen LogP contribution >= 0.6 is 23.2 Å². The van der Waals surface area contributed by atoms with Crippen LogP contribution in [-0.2, 0) is 11.3 Å². The average molecular weight is 515 g/mol. The molecule has 0 bridgehead atoms. The molecule has 1 aliphatic heterocycles. The van der Waals surface area contributed by atoms with Crippen LogP contribution in [0.15, 0.2) is 28.9 Å². The number of imidazole rings is 2. The lowest BCUT2D eigenvalue weighted by Gasteiger charge is -2.28. The second-order valence-electron chi connectivity index (χ2n) is 8.21. The minimum absolute atomic E-state index is 0.369. The molecule has 0 atom stereocenters. The van der Waals surface area contributed by atoms with Gasteiger partial charge in [0.05, 0.1) is 69.7 Å². The summed E-state index contributed by atoms with van der Waals surface area (Å²) in [4.78, 5) is 17.7. The highest BCUT2D eigenvalue weighted by Gasteiger charge is 2.18. The van der Waals surface area contributed by atoms with Crippen LogP contribution in [-0.4, -0.2) is 62.1 Å². The van der Waals surface area contributed by atoms with Gasteiger partial charge in [0.15, 0.2) is 5.82 Å². The van der Waals surface area contributed by atoms with Gasteiger partial charge in [-0.15, -0.1) is 0 Å². The van der Waals surface area contributed by atoms with Gasteiger partial charge >= 0.3 is 0 Å². The number of aromatic amines is 2. The monoisotopic (exact) mass is 514 g/mol. The van der Waals surface area contributed by atoms with E-state index < -0.39 is 0 Å². The summed E-state index contributed by atoms with van der Waals surface area (Å²) in [5, 5.41) is 16.9. The first-order chi connectivity index (χ1) is 16.9. The highest BCUT2D eigenvalue weighted by atomic mass is 35.5. The zero-order valence-electron chi connectivity index (χ0n) is 19.2. The number of nitrogens with one attached hydrogen (secondary N) is 4. The lowest BCUT2D eigenvalue weighted by molar-refractivity contribution is 0.0681. The lowest BCUT2D eigenvalue weighted by Crippen LogP contribution is -2.39. The van der Waals surface area contributed by atoms with Crippen molar-refractivity contribution in [1.29, 1.82) is 5.41 Å². The molecule has 4 aromatic rings. The molecular weight excluding hydrogens is 491 g/mol. The van der Waals surface area contributed by atoms with Gasteiger partial charge in [-0.2, -0.15) is 0 Å². The van der Waals surface area contributed by atoms with Gasteiger partial charge in [-0.3, -0.25) is 5.41 Å². The van der Waals surface area contributed by atoms with Gasteiger partial charge in [-0.25, -0.2) is 9.97 Å². The maximum atomic E-state index is 8.63. The van der Waals surface area contributed by atoms with Crippen molar-refractivity contribution in [1.82, 2.24) is 35.3 Å². The number of aryl methyl sites for hydroxylation is 2. The summed E-state index contributed by atoms with van der Waals surface area (Å²) in [6, 6.07) is 3.48. The first kappa shape index (κ1) is 23.4. The zero-order valence-corrected chi connectivity index (χ0v) is 20.7. The molecule has 4 heterocycles. The summed E-state index contributed by atoms with van der Waals surface area (Å²) in [7, 11) is 0. The molecule has 0 spiro atoms. The predicted molar refractivity (Wildman–Crippen MR) is 135 cm³/mol. The Morgan fingerprint density at radius 3 is 2.71 bits per heavy atom. The topological polar surface area (TPSA) is 132 Å². The van der Waals surface area contributed by atoms with Gasteiger partial charge in [-0.1, -0.05) is 28.4 Å². The van der Waals surface area contributed by atoms with Crippen molar-refractivity contribution in [2.75, 3.05) is 26.3 Å². The van der Waals surface area contributed by atoms with E-state index >= 15 is 0 Å². The molecule has 1 fully saturated rings. The fraction of sp³-hybridized carbons (Fsp3) is 0.304.